The zero-order valence-corrected chi connectivity index (χ0v) is 36.2. The molecule has 3 aliphatic heterocycles. The van der Waals surface area contributed by atoms with Gasteiger partial charge >= 0.3 is 0 Å². The molecule has 0 radical (unpaired) electrons. The zero-order valence-electron chi connectivity index (χ0n) is 31.9. The minimum Gasteiger partial charge on any atom is -0.371 e. The van der Waals surface area contributed by atoms with Gasteiger partial charge < -0.3 is 23.5 Å². The third-order valence-corrected chi connectivity index (χ3v) is 15.9. The molecule has 0 saturated carbocycles. The minimum atomic E-state index is -1.15. The summed E-state index contributed by atoms with van der Waals surface area (Å²) in [5.74, 6) is 2.75. The number of benzene rings is 2. The molecule has 2 aromatic carbocycles. The number of fused-ring (bicyclic) bond motifs is 2. The highest BCUT2D eigenvalue weighted by molar-refractivity contribution is 7.13. The molecule has 2 aromatic heterocycles. The summed E-state index contributed by atoms with van der Waals surface area (Å²) in [4.78, 5) is 13.1. The van der Waals surface area contributed by atoms with Gasteiger partial charge in [0.2, 0.25) is 0 Å². The van der Waals surface area contributed by atoms with Crippen LogP contribution in [0, 0.1) is 0 Å². The summed E-state index contributed by atoms with van der Waals surface area (Å²) < 4.78 is 22.1. The molecule has 13 heteroatoms. The van der Waals surface area contributed by atoms with Crippen molar-refractivity contribution in [1.29, 1.82) is 0 Å². The first kappa shape index (κ1) is 37.6. The van der Waals surface area contributed by atoms with Crippen LogP contribution < -0.4 is 4.90 Å². The summed E-state index contributed by atoms with van der Waals surface area (Å²) in [6.07, 6.45) is 5.80. The monoisotopic (exact) mass is 765 g/mol. The van der Waals surface area contributed by atoms with Crippen molar-refractivity contribution in [3.05, 3.63) is 53.6 Å². The van der Waals surface area contributed by atoms with Gasteiger partial charge in [0.05, 0.1) is 34.2 Å². The maximum atomic E-state index is 6.31. The number of aromatic nitrogens is 4. The molecule has 3 saturated heterocycles. The molecule has 5 atom stereocenters. The number of imidazole rings is 2. The Balaban J connectivity index is 1.09. The fourth-order valence-corrected chi connectivity index (χ4v) is 10.4. The van der Waals surface area contributed by atoms with Crippen LogP contribution in [0.3, 0.4) is 0 Å². The van der Waals surface area contributed by atoms with Gasteiger partial charge in [0.15, 0.2) is 0 Å². The number of hydrogen-bond acceptors (Lipinski definition) is 7. The molecule has 4 aromatic rings. The predicted molar refractivity (Wildman–Crippen MR) is 224 cm³/mol. The second-order valence-electron chi connectivity index (χ2n) is 17.6. The lowest BCUT2D eigenvalue weighted by atomic mass is 9.98. The molecule has 3 fully saturated rings. The lowest BCUT2D eigenvalue weighted by Crippen LogP contribution is -2.22. The van der Waals surface area contributed by atoms with Gasteiger partial charge in [-0.25, -0.2) is 9.97 Å². The molecule has 0 bridgehead atoms. The maximum Gasteiger partial charge on any atom is 0.129 e. The number of hydrogen-bond donors (Lipinski definition) is 0. The van der Waals surface area contributed by atoms with Crippen LogP contribution in [0.4, 0.5) is 5.69 Å². The van der Waals surface area contributed by atoms with Gasteiger partial charge in [0.25, 0.3) is 0 Å². The van der Waals surface area contributed by atoms with E-state index in [9.17, 15) is 0 Å². The summed E-state index contributed by atoms with van der Waals surface area (Å²) in [5.41, 5.74) is 7.19. The van der Waals surface area contributed by atoms with Crippen molar-refractivity contribution in [2.75, 3.05) is 44.3 Å². The van der Waals surface area contributed by atoms with Crippen molar-refractivity contribution in [3.63, 3.8) is 0 Å². The van der Waals surface area contributed by atoms with Crippen LogP contribution in [0.1, 0.15) is 67.3 Å². The molecule has 0 aliphatic carbocycles. The molecule has 3 aliphatic rings. The number of rotatable bonds is 14. The summed E-state index contributed by atoms with van der Waals surface area (Å²) in [5, 5.41) is 0. The third-order valence-electron chi connectivity index (χ3n) is 11.2. The van der Waals surface area contributed by atoms with Crippen molar-refractivity contribution in [2.24, 2.45) is 0 Å². The van der Waals surface area contributed by atoms with Crippen molar-refractivity contribution in [1.82, 2.24) is 28.4 Å². The largest absolute Gasteiger partial charge is 0.371 e. The Labute approximate surface area is 312 Å². The molecule has 278 valence electrons. The van der Waals surface area contributed by atoms with E-state index in [4.69, 9.17) is 19.4 Å². The van der Waals surface area contributed by atoms with Gasteiger partial charge in [-0.2, -0.15) is 0 Å². The Morgan fingerprint density at radius 3 is 1.73 bits per heavy atom. The average molecular weight is 766 g/mol. The highest BCUT2D eigenvalue weighted by Crippen LogP contribution is 2.39. The summed E-state index contributed by atoms with van der Waals surface area (Å²) in [6.45, 7) is 21.5. The Morgan fingerprint density at radius 2 is 1.22 bits per heavy atom. The van der Waals surface area contributed by atoms with E-state index < -0.39 is 16.1 Å². The minimum absolute atomic E-state index is 0.311. The summed E-state index contributed by atoms with van der Waals surface area (Å²) in [6, 6.07) is 16.9. The molecule has 5 heterocycles. The highest BCUT2D eigenvalue weighted by Gasteiger charge is 2.31. The van der Waals surface area contributed by atoms with Gasteiger partial charge in [-0.1, -0.05) is 64.1 Å². The first-order valence-electron chi connectivity index (χ1n) is 19.3. The van der Waals surface area contributed by atoms with Crippen molar-refractivity contribution < 1.29 is 9.47 Å². The van der Waals surface area contributed by atoms with Crippen molar-refractivity contribution in [3.8, 4) is 0 Å². The Kier molecular flexibility index (Phi) is 11.5. The molecule has 9 nitrogen and oxygen atoms in total. The molecular weight excluding hydrogens is 705 g/mol. The summed E-state index contributed by atoms with van der Waals surface area (Å²) in [7, 11) is 3.59. The number of anilines is 1. The molecule has 0 N–H and O–H groups in total. The maximum absolute atomic E-state index is 6.31. The zero-order chi connectivity index (χ0) is 35.9. The van der Waals surface area contributed by atoms with E-state index >= 15 is 0 Å². The van der Waals surface area contributed by atoms with E-state index in [0.717, 1.165) is 81.3 Å². The van der Waals surface area contributed by atoms with Gasteiger partial charge in [-0.15, -0.1) is 0 Å². The van der Waals surface area contributed by atoms with Gasteiger partial charge in [0.1, 0.15) is 25.1 Å². The van der Waals surface area contributed by atoms with Gasteiger partial charge in [-0.05, 0) is 80.1 Å². The summed E-state index contributed by atoms with van der Waals surface area (Å²) >= 11 is 0. The topological polar surface area (TPSA) is 63.8 Å². The first-order chi connectivity index (χ1) is 24.3. The second-order valence-corrected chi connectivity index (χ2v) is 30.2. The average Bonchev–Trinajstić information content (AvgIpc) is 3.91. The standard InChI is InChI=1S/C38H61N7O2P2Si2/c1-50(2,3)21-19-46-26-42-33-13-11-28(23-31(33)39-37(42)35-9-7-16-44(35)48)29-15-18-41(25-29)30-12-14-34-32(24-30)40-38(36-10-8-17-45(36)49)43(34)27-47-20-22-51(4,5)6/h11-14,23-24,29,35-36H,7-10,15-22,25-27,48-49H2,1-6H3. The van der Waals surface area contributed by atoms with E-state index in [1.165, 1.54) is 47.2 Å². The molecule has 5 unspecified atom stereocenters. The Hall–Kier alpha value is -1.69. The smallest absolute Gasteiger partial charge is 0.129 e. The van der Waals surface area contributed by atoms with Gasteiger partial charge in [0, 0.05) is 67.1 Å². The predicted octanol–water partition coefficient (Wildman–Crippen LogP) is 8.86. The lowest BCUT2D eigenvalue weighted by molar-refractivity contribution is 0.0859. The van der Waals surface area contributed by atoms with Crippen LogP contribution in [0.15, 0.2) is 36.4 Å². The van der Waals surface area contributed by atoms with E-state index in [0.29, 0.717) is 31.5 Å². The molecule has 7 rings (SSSR count). The highest BCUT2D eigenvalue weighted by atomic mass is 31.0. The number of ether oxygens (including phenoxy) is 2. The fourth-order valence-electron chi connectivity index (χ4n) is 8.00. The van der Waals surface area contributed by atoms with E-state index in [2.05, 4.69) is 118 Å². The SMILES string of the molecule is C[Si](C)(C)CCOCn1c(C2CCCN2P)nc2cc(C3CCN(c4ccc5c(c4)nc(C4CCCN4P)n5COCC[Si](C)(C)C)C3)ccc21. The second kappa shape index (κ2) is 15.6. The van der Waals surface area contributed by atoms with Crippen LogP contribution in [0.25, 0.3) is 22.1 Å². The van der Waals surface area contributed by atoms with E-state index in [-0.39, 0.29) is 0 Å². The molecule has 0 spiro atoms. The van der Waals surface area contributed by atoms with Gasteiger partial charge in [-0.3, -0.25) is 9.34 Å². The normalized spacial score (nSPS) is 22.4. The van der Waals surface area contributed by atoms with E-state index in [1.807, 2.05) is 0 Å². The first-order valence-corrected chi connectivity index (χ1v) is 27.7. The van der Waals surface area contributed by atoms with Crippen molar-refractivity contribution in [2.45, 2.75) is 115 Å². The quantitative estimate of drug-likeness (QED) is 0.0723. The van der Waals surface area contributed by atoms with Crippen LogP contribution in [0.2, 0.25) is 51.4 Å². The molecular formula is C38H61N7O2P2Si2. The Morgan fingerprint density at radius 1 is 0.686 bits per heavy atom. The van der Waals surface area contributed by atoms with Crippen LogP contribution in [-0.2, 0) is 22.9 Å². The lowest BCUT2D eigenvalue weighted by Gasteiger charge is -2.21. The van der Waals surface area contributed by atoms with Crippen molar-refractivity contribution >= 4 is 62.7 Å². The third kappa shape index (κ3) is 8.67. The Bertz CT molecular complexity index is 1690. The number of nitrogens with zero attached hydrogens (tertiary/aromatic N) is 7. The van der Waals surface area contributed by atoms with Crippen LogP contribution in [-0.4, -0.2) is 84.0 Å². The van der Waals surface area contributed by atoms with E-state index in [1.54, 1.807) is 0 Å². The molecule has 51 heavy (non-hydrogen) atoms. The van der Waals surface area contributed by atoms with Crippen LogP contribution >= 0.6 is 18.8 Å². The fraction of sp³-hybridized carbons (Fsp3) is 0.632. The van der Waals surface area contributed by atoms with Crippen LogP contribution in [0.5, 0.6) is 0 Å². The molecule has 0 amide bonds.